The molecule has 0 saturated heterocycles. The molecule has 1 N–H and O–H groups in total. The first-order valence-corrected chi connectivity index (χ1v) is 7.61. The Morgan fingerprint density at radius 2 is 1.95 bits per heavy atom. The van der Waals surface area contributed by atoms with Gasteiger partial charge in [0.05, 0.1) is 0 Å². The van der Waals surface area contributed by atoms with E-state index in [9.17, 15) is 9.59 Å². The molecule has 21 heavy (non-hydrogen) atoms. The van der Waals surface area contributed by atoms with E-state index < -0.39 is 5.97 Å². The van der Waals surface area contributed by atoms with Gasteiger partial charge in [-0.25, -0.2) is 4.79 Å². The topological polar surface area (TPSA) is 63.6 Å². The zero-order chi connectivity index (χ0) is 16.3. The number of esters is 1. The van der Waals surface area contributed by atoms with Gasteiger partial charge in [0.15, 0.2) is 0 Å². The van der Waals surface area contributed by atoms with Crippen LogP contribution in [0.2, 0.25) is 0 Å². The molecule has 0 amide bonds. The molecule has 1 saturated carbocycles. The van der Waals surface area contributed by atoms with Crippen LogP contribution in [-0.4, -0.2) is 23.1 Å². The minimum absolute atomic E-state index is 0.126. The minimum Gasteiger partial charge on any atom is -0.478 e. The lowest BCUT2D eigenvalue weighted by Crippen LogP contribution is -2.34. The fourth-order valence-electron chi connectivity index (χ4n) is 2.75. The molecular weight excluding hydrogens is 268 g/mol. The zero-order valence-corrected chi connectivity index (χ0v) is 13.2. The van der Waals surface area contributed by atoms with Gasteiger partial charge in [-0.2, -0.15) is 0 Å². The third-order valence-corrected chi connectivity index (χ3v) is 3.74. The standard InChI is InChI=1S/C14H24O2.C3H4O2/c1-4-6-9-13-12(5-2)8-7-10-14(13)16-11(3)15;1-2-3(4)5/h5,12-14H,2,4,6-10H2,1,3H3;2H,1H2,(H,4,5). The molecule has 0 aliphatic heterocycles. The van der Waals surface area contributed by atoms with Crippen molar-refractivity contribution in [2.24, 2.45) is 11.8 Å². The Kier molecular flexibility index (Phi) is 10.3. The van der Waals surface area contributed by atoms with Crippen LogP contribution in [0.5, 0.6) is 0 Å². The van der Waals surface area contributed by atoms with E-state index in [1.54, 1.807) is 0 Å². The maximum Gasteiger partial charge on any atom is 0.327 e. The maximum atomic E-state index is 11.1. The predicted molar refractivity (Wildman–Crippen MR) is 83.9 cm³/mol. The van der Waals surface area contributed by atoms with Gasteiger partial charge in [0.25, 0.3) is 0 Å². The quantitative estimate of drug-likeness (QED) is 0.457. The zero-order valence-electron chi connectivity index (χ0n) is 13.2. The second-order valence-corrected chi connectivity index (χ2v) is 5.33. The number of aliphatic carboxylic acids is 1. The Hall–Kier alpha value is -1.58. The number of hydrogen-bond acceptors (Lipinski definition) is 3. The number of carboxylic acid groups (broad SMARTS) is 1. The highest BCUT2D eigenvalue weighted by molar-refractivity contribution is 5.78. The molecule has 1 aliphatic rings. The van der Waals surface area contributed by atoms with E-state index in [1.807, 2.05) is 0 Å². The summed E-state index contributed by atoms with van der Waals surface area (Å²) < 4.78 is 5.45. The molecule has 3 atom stereocenters. The van der Waals surface area contributed by atoms with Crippen molar-refractivity contribution in [2.45, 2.75) is 58.5 Å². The van der Waals surface area contributed by atoms with Crippen LogP contribution in [0.4, 0.5) is 0 Å². The summed E-state index contributed by atoms with van der Waals surface area (Å²) in [7, 11) is 0. The summed E-state index contributed by atoms with van der Waals surface area (Å²) in [4.78, 5) is 20.3. The van der Waals surface area contributed by atoms with Crippen molar-refractivity contribution >= 4 is 11.9 Å². The number of rotatable bonds is 6. The van der Waals surface area contributed by atoms with E-state index in [2.05, 4.69) is 26.2 Å². The van der Waals surface area contributed by atoms with Crippen molar-refractivity contribution in [3.8, 4) is 0 Å². The number of ether oxygens (including phenoxy) is 1. The third kappa shape index (κ3) is 8.33. The van der Waals surface area contributed by atoms with Crippen molar-refractivity contribution in [3.05, 3.63) is 25.3 Å². The van der Waals surface area contributed by atoms with Gasteiger partial charge in [-0.15, -0.1) is 6.58 Å². The SMILES string of the molecule is C=CC(=O)O.C=CC1CCCC(OC(C)=O)C1CCCC. The lowest BCUT2D eigenvalue weighted by Gasteiger charge is -2.36. The summed E-state index contributed by atoms with van der Waals surface area (Å²) in [5.74, 6) is -0.0963. The summed E-state index contributed by atoms with van der Waals surface area (Å²) in [5.41, 5.74) is 0. The molecule has 120 valence electrons. The van der Waals surface area contributed by atoms with Crippen LogP contribution < -0.4 is 0 Å². The van der Waals surface area contributed by atoms with Crippen molar-refractivity contribution in [1.29, 1.82) is 0 Å². The summed E-state index contributed by atoms with van der Waals surface area (Å²) >= 11 is 0. The number of carbonyl (C=O) groups excluding carboxylic acids is 1. The van der Waals surface area contributed by atoms with Crippen molar-refractivity contribution in [3.63, 3.8) is 0 Å². The molecule has 4 heteroatoms. The van der Waals surface area contributed by atoms with Gasteiger partial charge < -0.3 is 9.84 Å². The molecule has 0 heterocycles. The van der Waals surface area contributed by atoms with Gasteiger partial charge in [-0.3, -0.25) is 4.79 Å². The van der Waals surface area contributed by atoms with Gasteiger partial charge in [-0.1, -0.05) is 32.4 Å². The lowest BCUT2D eigenvalue weighted by atomic mass is 9.75. The molecule has 1 rings (SSSR count). The number of carbonyl (C=O) groups is 2. The van der Waals surface area contributed by atoms with Crippen LogP contribution >= 0.6 is 0 Å². The molecule has 1 aliphatic carbocycles. The lowest BCUT2D eigenvalue weighted by molar-refractivity contribution is -0.152. The molecule has 1 fully saturated rings. The number of unbranched alkanes of at least 4 members (excludes halogenated alkanes) is 1. The highest BCUT2D eigenvalue weighted by Crippen LogP contribution is 2.36. The fraction of sp³-hybridized carbons (Fsp3) is 0.647. The monoisotopic (exact) mass is 296 g/mol. The summed E-state index contributed by atoms with van der Waals surface area (Å²) in [6.07, 6.45) is 9.97. The molecule has 0 aromatic carbocycles. The van der Waals surface area contributed by atoms with Gasteiger partial charge in [0, 0.05) is 18.9 Å². The summed E-state index contributed by atoms with van der Waals surface area (Å²) in [5, 5.41) is 7.60. The van der Waals surface area contributed by atoms with Gasteiger partial charge in [-0.05, 0) is 31.6 Å². The van der Waals surface area contributed by atoms with Gasteiger partial charge in [0.1, 0.15) is 6.10 Å². The summed E-state index contributed by atoms with van der Waals surface area (Å²) in [6.45, 7) is 10.6. The van der Waals surface area contributed by atoms with E-state index >= 15 is 0 Å². The summed E-state index contributed by atoms with van der Waals surface area (Å²) in [6, 6.07) is 0. The third-order valence-electron chi connectivity index (χ3n) is 3.74. The first-order chi connectivity index (χ1) is 9.96. The van der Waals surface area contributed by atoms with Crippen molar-refractivity contribution in [1.82, 2.24) is 0 Å². The van der Waals surface area contributed by atoms with Gasteiger partial charge in [0.2, 0.25) is 0 Å². The molecule has 0 aromatic rings. The van der Waals surface area contributed by atoms with Crippen LogP contribution in [0, 0.1) is 11.8 Å². The molecule has 0 aromatic heterocycles. The highest BCUT2D eigenvalue weighted by atomic mass is 16.5. The van der Waals surface area contributed by atoms with Crippen LogP contribution in [0.15, 0.2) is 25.3 Å². The van der Waals surface area contributed by atoms with E-state index in [4.69, 9.17) is 9.84 Å². The molecule has 0 spiro atoms. The second-order valence-electron chi connectivity index (χ2n) is 5.33. The molecule has 4 nitrogen and oxygen atoms in total. The Bertz CT molecular complexity index is 349. The number of hydrogen-bond donors (Lipinski definition) is 1. The van der Waals surface area contributed by atoms with Crippen molar-refractivity contribution < 1.29 is 19.4 Å². The first-order valence-electron chi connectivity index (χ1n) is 7.61. The Morgan fingerprint density at radius 1 is 1.33 bits per heavy atom. The Labute approximate surface area is 127 Å². The van der Waals surface area contributed by atoms with E-state index in [0.29, 0.717) is 11.8 Å². The second kappa shape index (κ2) is 11.1. The Morgan fingerprint density at radius 3 is 2.38 bits per heavy atom. The molecular formula is C17H28O4. The van der Waals surface area contributed by atoms with Crippen molar-refractivity contribution in [2.75, 3.05) is 0 Å². The van der Waals surface area contributed by atoms with E-state index in [0.717, 1.165) is 25.3 Å². The van der Waals surface area contributed by atoms with Crippen LogP contribution in [0.1, 0.15) is 52.4 Å². The van der Waals surface area contributed by atoms with Crippen LogP contribution in [0.3, 0.4) is 0 Å². The highest BCUT2D eigenvalue weighted by Gasteiger charge is 2.32. The van der Waals surface area contributed by atoms with Crippen LogP contribution in [0.25, 0.3) is 0 Å². The predicted octanol–water partition coefficient (Wildman–Crippen LogP) is 3.97. The Balaban J connectivity index is 0.000000690. The van der Waals surface area contributed by atoms with Gasteiger partial charge >= 0.3 is 11.9 Å². The largest absolute Gasteiger partial charge is 0.478 e. The molecule has 0 bridgehead atoms. The minimum atomic E-state index is -0.981. The van der Waals surface area contributed by atoms with E-state index in [1.165, 1.54) is 26.2 Å². The molecule has 3 unspecified atom stereocenters. The normalized spacial score (nSPS) is 24.2. The number of carboxylic acids is 1. The average Bonchev–Trinajstić information content (AvgIpc) is 2.45. The number of allylic oxidation sites excluding steroid dienone is 1. The maximum absolute atomic E-state index is 11.1. The average molecular weight is 296 g/mol. The fourth-order valence-corrected chi connectivity index (χ4v) is 2.75. The van der Waals surface area contributed by atoms with E-state index in [-0.39, 0.29) is 12.1 Å². The smallest absolute Gasteiger partial charge is 0.327 e. The van der Waals surface area contributed by atoms with Crippen LogP contribution in [-0.2, 0) is 14.3 Å². The molecule has 0 radical (unpaired) electrons. The first kappa shape index (κ1) is 19.4.